The van der Waals surface area contributed by atoms with Gasteiger partial charge < -0.3 is 25.0 Å². The average Bonchev–Trinajstić information content (AvgIpc) is 3.65. The van der Waals surface area contributed by atoms with E-state index in [1.54, 1.807) is 0 Å². The summed E-state index contributed by atoms with van der Waals surface area (Å²) in [4.78, 5) is 30.9. The lowest BCUT2D eigenvalue weighted by Crippen LogP contribution is -2.29. The highest BCUT2D eigenvalue weighted by Gasteiger charge is 2.28. The van der Waals surface area contributed by atoms with E-state index < -0.39 is 0 Å². The van der Waals surface area contributed by atoms with Gasteiger partial charge in [0.1, 0.15) is 0 Å². The Labute approximate surface area is 228 Å². The number of amides is 1. The van der Waals surface area contributed by atoms with Crippen molar-refractivity contribution in [2.75, 3.05) is 41.7 Å². The molecule has 0 bridgehead atoms. The van der Waals surface area contributed by atoms with Crippen LogP contribution in [0.25, 0.3) is 11.2 Å². The quantitative estimate of drug-likeness (QED) is 0.310. The molecular formula is C30H34N8O. The number of piperidine rings is 1. The van der Waals surface area contributed by atoms with Crippen molar-refractivity contribution in [1.82, 2.24) is 24.4 Å². The first-order valence-corrected chi connectivity index (χ1v) is 13.7. The number of nitrogens with zero attached hydrogens (tertiary/aromatic N) is 6. The van der Waals surface area contributed by atoms with E-state index >= 15 is 0 Å². The molecule has 2 saturated heterocycles. The first-order valence-electron chi connectivity index (χ1n) is 13.7. The molecular weight excluding hydrogens is 488 g/mol. The van der Waals surface area contributed by atoms with Gasteiger partial charge in [-0.05, 0) is 61.6 Å². The van der Waals surface area contributed by atoms with E-state index in [0.717, 1.165) is 36.4 Å². The van der Waals surface area contributed by atoms with Crippen molar-refractivity contribution >= 4 is 40.2 Å². The molecule has 0 aliphatic carbocycles. The van der Waals surface area contributed by atoms with Gasteiger partial charge in [0, 0.05) is 44.1 Å². The van der Waals surface area contributed by atoms with Crippen LogP contribution in [0.15, 0.2) is 73.6 Å². The highest BCUT2D eigenvalue weighted by molar-refractivity contribution is 5.87. The van der Waals surface area contributed by atoms with E-state index in [2.05, 4.69) is 63.1 Å². The Bertz CT molecular complexity index is 1440. The zero-order valence-electron chi connectivity index (χ0n) is 22.1. The summed E-state index contributed by atoms with van der Waals surface area (Å²) in [5.41, 5.74) is 4.79. The monoisotopic (exact) mass is 522 g/mol. The first-order chi connectivity index (χ1) is 19.2. The molecule has 1 atom stereocenters. The third-order valence-electron chi connectivity index (χ3n) is 7.61. The number of likely N-dealkylation sites (tertiary alicyclic amines) is 1. The van der Waals surface area contributed by atoms with Gasteiger partial charge in [0.25, 0.3) is 0 Å². The summed E-state index contributed by atoms with van der Waals surface area (Å²) in [6, 6.07) is 18.8. The van der Waals surface area contributed by atoms with Gasteiger partial charge in [-0.2, -0.15) is 9.97 Å². The Morgan fingerprint density at radius 3 is 2.56 bits per heavy atom. The molecule has 9 nitrogen and oxygen atoms in total. The van der Waals surface area contributed by atoms with E-state index in [1.165, 1.54) is 31.0 Å². The Balaban J connectivity index is 1.29. The van der Waals surface area contributed by atoms with Crippen LogP contribution in [0.3, 0.4) is 0 Å². The van der Waals surface area contributed by atoms with E-state index in [4.69, 9.17) is 15.0 Å². The van der Waals surface area contributed by atoms with Crippen LogP contribution in [-0.2, 0) is 11.3 Å². The van der Waals surface area contributed by atoms with E-state index in [-0.39, 0.29) is 11.9 Å². The molecule has 4 heterocycles. The minimum Gasteiger partial charge on any atom is -0.372 e. The highest BCUT2D eigenvalue weighted by atomic mass is 16.2. The minimum atomic E-state index is -0.0443. The second-order valence-electron chi connectivity index (χ2n) is 10.2. The van der Waals surface area contributed by atoms with Gasteiger partial charge in [-0.1, -0.05) is 36.9 Å². The van der Waals surface area contributed by atoms with Gasteiger partial charge in [0.15, 0.2) is 17.0 Å². The van der Waals surface area contributed by atoms with Crippen molar-refractivity contribution in [2.45, 2.75) is 38.3 Å². The molecule has 1 amide bonds. The molecule has 9 heteroatoms. The lowest BCUT2D eigenvalue weighted by Gasteiger charge is -2.28. The van der Waals surface area contributed by atoms with Crippen molar-refractivity contribution in [1.29, 1.82) is 0 Å². The lowest BCUT2D eigenvalue weighted by molar-refractivity contribution is -0.125. The predicted molar refractivity (Wildman–Crippen MR) is 155 cm³/mol. The van der Waals surface area contributed by atoms with Gasteiger partial charge in [0.05, 0.1) is 12.4 Å². The van der Waals surface area contributed by atoms with Crippen LogP contribution in [0.2, 0.25) is 0 Å². The first kappa shape index (κ1) is 24.9. The molecule has 2 fully saturated rings. The number of carbonyl (C=O) groups is 1. The maximum absolute atomic E-state index is 12.2. The van der Waals surface area contributed by atoms with Crippen LogP contribution in [0, 0.1) is 0 Å². The number of hydrogen-bond acceptors (Lipinski definition) is 7. The fraction of sp³-hybridized carbons (Fsp3) is 0.333. The lowest BCUT2D eigenvalue weighted by atomic mass is 10.1. The Morgan fingerprint density at radius 1 is 1.00 bits per heavy atom. The number of aromatic nitrogens is 4. The van der Waals surface area contributed by atoms with Gasteiger partial charge >= 0.3 is 0 Å². The third-order valence-corrected chi connectivity index (χ3v) is 7.61. The Morgan fingerprint density at radius 2 is 1.79 bits per heavy atom. The second-order valence-corrected chi connectivity index (χ2v) is 10.2. The number of nitrogens with one attached hydrogen (secondary N) is 2. The zero-order valence-corrected chi connectivity index (χ0v) is 22.1. The van der Waals surface area contributed by atoms with Crippen LogP contribution in [0.4, 0.5) is 23.1 Å². The molecule has 0 radical (unpaired) electrons. The molecule has 39 heavy (non-hydrogen) atoms. The molecule has 2 aliphatic rings. The Hall–Kier alpha value is -4.40. The molecule has 2 aliphatic heterocycles. The molecule has 0 saturated carbocycles. The van der Waals surface area contributed by atoms with E-state index in [9.17, 15) is 4.79 Å². The van der Waals surface area contributed by atoms with Crippen LogP contribution < -0.4 is 15.5 Å². The van der Waals surface area contributed by atoms with Gasteiger partial charge in [-0.3, -0.25) is 4.79 Å². The maximum atomic E-state index is 12.2. The summed E-state index contributed by atoms with van der Waals surface area (Å²) in [5, 5.41) is 6.88. The topological polar surface area (TPSA) is 91.2 Å². The molecule has 0 spiro atoms. The van der Waals surface area contributed by atoms with Crippen molar-refractivity contribution in [3.63, 3.8) is 0 Å². The fourth-order valence-corrected chi connectivity index (χ4v) is 5.48. The SMILES string of the molecule is C=CC(=O)N1CC[C@@H](n2cnc3c(NCc4ccccc4)nc(Nc4ccc(N5CCCCC5)cc4)nc32)C1. The molecule has 4 aromatic rings. The van der Waals surface area contributed by atoms with Crippen LogP contribution in [0.1, 0.15) is 37.3 Å². The summed E-state index contributed by atoms with van der Waals surface area (Å²) in [6.07, 6.45) is 7.85. The smallest absolute Gasteiger partial charge is 0.246 e. The third kappa shape index (κ3) is 5.43. The number of hydrogen-bond donors (Lipinski definition) is 2. The van der Waals surface area contributed by atoms with Gasteiger partial charge in [0.2, 0.25) is 11.9 Å². The number of anilines is 4. The van der Waals surface area contributed by atoms with E-state index in [0.29, 0.717) is 36.9 Å². The van der Waals surface area contributed by atoms with Crippen LogP contribution in [0.5, 0.6) is 0 Å². The zero-order chi connectivity index (χ0) is 26.6. The van der Waals surface area contributed by atoms with Crippen molar-refractivity contribution in [3.8, 4) is 0 Å². The van der Waals surface area contributed by atoms with Crippen molar-refractivity contribution in [3.05, 3.63) is 79.1 Å². The fourth-order valence-electron chi connectivity index (χ4n) is 5.48. The maximum Gasteiger partial charge on any atom is 0.246 e. The normalized spacial score (nSPS) is 17.4. The van der Waals surface area contributed by atoms with Crippen LogP contribution in [-0.4, -0.2) is 56.5 Å². The van der Waals surface area contributed by atoms with E-state index in [1.807, 2.05) is 29.4 Å². The summed E-state index contributed by atoms with van der Waals surface area (Å²) in [6.45, 7) is 7.78. The second kappa shape index (κ2) is 11.1. The molecule has 200 valence electrons. The number of benzene rings is 2. The summed E-state index contributed by atoms with van der Waals surface area (Å²) < 4.78 is 2.08. The van der Waals surface area contributed by atoms with Gasteiger partial charge in [-0.25, -0.2) is 4.98 Å². The average molecular weight is 523 g/mol. The molecule has 2 N–H and O–H groups in total. The number of fused-ring (bicyclic) bond motifs is 1. The largest absolute Gasteiger partial charge is 0.372 e. The summed E-state index contributed by atoms with van der Waals surface area (Å²) in [5.74, 6) is 1.13. The number of imidazole rings is 1. The molecule has 2 aromatic heterocycles. The van der Waals surface area contributed by atoms with Gasteiger partial charge in [-0.15, -0.1) is 0 Å². The minimum absolute atomic E-state index is 0.0443. The molecule has 6 rings (SSSR count). The molecule has 2 aromatic carbocycles. The van der Waals surface area contributed by atoms with Crippen molar-refractivity contribution in [2.24, 2.45) is 0 Å². The standard InChI is InChI=1S/C30H34N8O/c1-2-26(39)37-18-15-25(20-37)38-21-32-27-28(31-19-22-9-5-3-6-10-22)34-30(35-29(27)38)33-23-11-13-24(14-12-23)36-16-7-4-8-17-36/h2-3,5-6,9-14,21,25H,1,4,7-8,15-20H2,(H2,31,33,34,35)/t25-/m1/s1. The summed E-state index contributed by atoms with van der Waals surface area (Å²) in [7, 11) is 0. The van der Waals surface area contributed by atoms with Crippen molar-refractivity contribution < 1.29 is 4.79 Å². The molecule has 0 unspecified atom stereocenters. The highest BCUT2D eigenvalue weighted by Crippen LogP contribution is 2.30. The number of carbonyl (C=O) groups excluding carboxylic acids is 1. The summed E-state index contributed by atoms with van der Waals surface area (Å²) >= 11 is 0. The predicted octanol–water partition coefficient (Wildman–Crippen LogP) is 5.13. The van der Waals surface area contributed by atoms with Crippen LogP contribution >= 0.6 is 0 Å². The Kier molecular flexibility index (Phi) is 7.12. The number of rotatable bonds is 8.